The van der Waals surface area contributed by atoms with Gasteiger partial charge in [-0.25, -0.2) is 4.79 Å². The number of urea groups is 1. The SMILES string of the molecule is CCN(CC)C(=O)NC(O)O. The molecule has 0 aromatic heterocycles. The van der Waals surface area contributed by atoms with Crippen molar-refractivity contribution in [2.75, 3.05) is 13.1 Å². The zero-order valence-corrected chi connectivity index (χ0v) is 6.74. The maximum Gasteiger partial charge on any atom is 0.321 e. The van der Waals surface area contributed by atoms with E-state index in [2.05, 4.69) is 0 Å². The molecule has 0 radical (unpaired) electrons. The summed E-state index contributed by atoms with van der Waals surface area (Å²) in [5, 5.41) is 18.7. The van der Waals surface area contributed by atoms with E-state index in [-0.39, 0.29) is 0 Å². The van der Waals surface area contributed by atoms with Gasteiger partial charge in [-0.2, -0.15) is 0 Å². The number of carbonyl (C=O) groups excluding carboxylic acids is 1. The Morgan fingerprint density at radius 2 is 1.91 bits per heavy atom. The fraction of sp³-hybridized carbons (Fsp3) is 0.833. The smallest absolute Gasteiger partial charge is 0.321 e. The molecule has 0 aliphatic rings. The molecular weight excluding hydrogens is 148 g/mol. The molecule has 0 rings (SSSR count). The molecule has 0 aliphatic heterocycles. The molecule has 0 aromatic carbocycles. The number of hydrogen-bond donors (Lipinski definition) is 3. The minimum atomic E-state index is -1.77. The first-order valence-corrected chi connectivity index (χ1v) is 3.53. The molecule has 0 spiro atoms. The largest absolute Gasteiger partial charge is 0.351 e. The molecule has 0 fully saturated rings. The van der Waals surface area contributed by atoms with Crippen molar-refractivity contribution in [3.8, 4) is 0 Å². The van der Waals surface area contributed by atoms with E-state index in [0.29, 0.717) is 13.1 Å². The van der Waals surface area contributed by atoms with Gasteiger partial charge in [0.1, 0.15) is 0 Å². The Kier molecular flexibility index (Phi) is 4.56. The molecule has 2 amide bonds. The van der Waals surface area contributed by atoms with Crippen molar-refractivity contribution in [2.24, 2.45) is 0 Å². The molecule has 0 unspecified atom stereocenters. The van der Waals surface area contributed by atoms with Gasteiger partial charge in [0.15, 0.2) is 0 Å². The summed E-state index contributed by atoms with van der Waals surface area (Å²) in [6.07, 6.45) is -1.77. The van der Waals surface area contributed by atoms with Gasteiger partial charge in [0.25, 0.3) is 0 Å². The van der Waals surface area contributed by atoms with Gasteiger partial charge in [-0.05, 0) is 13.8 Å². The Hall–Kier alpha value is -0.810. The number of amides is 2. The highest BCUT2D eigenvalue weighted by molar-refractivity contribution is 5.74. The van der Waals surface area contributed by atoms with Gasteiger partial charge in [0, 0.05) is 13.1 Å². The van der Waals surface area contributed by atoms with E-state index < -0.39 is 12.4 Å². The van der Waals surface area contributed by atoms with Crippen molar-refractivity contribution >= 4 is 6.03 Å². The summed E-state index contributed by atoms with van der Waals surface area (Å²) < 4.78 is 0. The van der Waals surface area contributed by atoms with E-state index in [1.54, 1.807) is 0 Å². The monoisotopic (exact) mass is 162 g/mol. The molecule has 11 heavy (non-hydrogen) atoms. The first-order chi connectivity index (χ1) is 5.11. The molecule has 0 saturated carbocycles. The zero-order valence-electron chi connectivity index (χ0n) is 6.74. The minimum Gasteiger partial charge on any atom is -0.351 e. The van der Waals surface area contributed by atoms with Crippen LogP contribution in [-0.2, 0) is 0 Å². The molecule has 0 bridgehead atoms. The van der Waals surface area contributed by atoms with Crippen LogP contribution in [0.5, 0.6) is 0 Å². The Labute approximate surface area is 65.6 Å². The summed E-state index contributed by atoms with van der Waals surface area (Å²) in [4.78, 5) is 12.4. The van der Waals surface area contributed by atoms with Crippen molar-refractivity contribution in [2.45, 2.75) is 20.3 Å². The summed E-state index contributed by atoms with van der Waals surface area (Å²) in [7, 11) is 0. The van der Waals surface area contributed by atoms with Crippen LogP contribution >= 0.6 is 0 Å². The number of hydrogen-bond acceptors (Lipinski definition) is 3. The topological polar surface area (TPSA) is 72.8 Å². The van der Waals surface area contributed by atoms with Crippen LogP contribution in [0.25, 0.3) is 0 Å². The van der Waals surface area contributed by atoms with Crippen LogP contribution in [0.3, 0.4) is 0 Å². The summed E-state index contributed by atoms with van der Waals surface area (Å²) in [5.74, 6) is 0. The van der Waals surface area contributed by atoms with Crippen molar-refractivity contribution < 1.29 is 15.0 Å². The first kappa shape index (κ1) is 10.2. The lowest BCUT2D eigenvalue weighted by atomic mass is 10.5. The summed E-state index contributed by atoms with van der Waals surface area (Å²) in [6.45, 7) is 4.73. The molecule has 5 heteroatoms. The highest BCUT2D eigenvalue weighted by atomic mass is 16.5. The standard InChI is InChI=1S/C6H14N2O3/c1-3-8(4-2)5(9)7-6(10)11/h6,10-11H,3-4H2,1-2H3,(H,7,9). The number of aliphatic hydroxyl groups excluding tert-OH is 1. The first-order valence-electron chi connectivity index (χ1n) is 3.53. The summed E-state index contributed by atoms with van der Waals surface area (Å²) in [5.41, 5.74) is 0. The van der Waals surface area contributed by atoms with E-state index in [0.717, 1.165) is 0 Å². The second-order valence-electron chi connectivity index (χ2n) is 2.00. The molecule has 5 nitrogen and oxygen atoms in total. The number of rotatable bonds is 3. The molecular formula is C6H14N2O3. The third-order valence-corrected chi connectivity index (χ3v) is 1.30. The summed E-state index contributed by atoms with van der Waals surface area (Å²) >= 11 is 0. The van der Waals surface area contributed by atoms with Gasteiger partial charge < -0.3 is 15.1 Å². The second-order valence-corrected chi connectivity index (χ2v) is 2.00. The van der Waals surface area contributed by atoms with Crippen LogP contribution in [0.1, 0.15) is 13.8 Å². The number of nitrogens with zero attached hydrogens (tertiary/aromatic N) is 1. The van der Waals surface area contributed by atoms with Gasteiger partial charge >= 0.3 is 6.03 Å². The fourth-order valence-corrected chi connectivity index (χ4v) is 0.713. The Bertz CT molecular complexity index is 123. The van der Waals surface area contributed by atoms with Gasteiger partial charge in [-0.1, -0.05) is 0 Å². The Morgan fingerprint density at radius 1 is 1.45 bits per heavy atom. The van der Waals surface area contributed by atoms with Crippen LogP contribution in [-0.4, -0.2) is 40.6 Å². The number of aliphatic hydroxyl groups is 2. The van der Waals surface area contributed by atoms with Crippen LogP contribution in [0.2, 0.25) is 0 Å². The number of nitrogens with one attached hydrogen (secondary N) is 1. The van der Waals surface area contributed by atoms with Crippen molar-refractivity contribution in [3.63, 3.8) is 0 Å². The lowest BCUT2D eigenvalue weighted by Crippen LogP contribution is -2.44. The van der Waals surface area contributed by atoms with Crippen molar-refractivity contribution in [1.29, 1.82) is 0 Å². The fourth-order valence-electron chi connectivity index (χ4n) is 0.713. The third-order valence-electron chi connectivity index (χ3n) is 1.30. The van der Waals surface area contributed by atoms with Gasteiger partial charge in [0.05, 0.1) is 0 Å². The zero-order chi connectivity index (χ0) is 8.85. The molecule has 0 atom stereocenters. The molecule has 0 heterocycles. The van der Waals surface area contributed by atoms with Crippen LogP contribution in [0.4, 0.5) is 4.79 Å². The predicted octanol–water partition coefficient (Wildman–Crippen LogP) is -0.694. The van der Waals surface area contributed by atoms with Crippen molar-refractivity contribution in [3.05, 3.63) is 0 Å². The number of carbonyl (C=O) groups is 1. The average molecular weight is 162 g/mol. The third kappa shape index (κ3) is 3.79. The van der Waals surface area contributed by atoms with Gasteiger partial charge in [-0.3, -0.25) is 5.32 Å². The highest BCUT2D eigenvalue weighted by Gasteiger charge is 2.10. The van der Waals surface area contributed by atoms with E-state index in [9.17, 15) is 4.79 Å². The molecule has 3 N–H and O–H groups in total. The molecule has 66 valence electrons. The van der Waals surface area contributed by atoms with Gasteiger partial charge in [0.2, 0.25) is 6.41 Å². The van der Waals surface area contributed by atoms with Crippen molar-refractivity contribution in [1.82, 2.24) is 10.2 Å². The summed E-state index contributed by atoms with van der Waals surface area (Å²) in [6, 6.07) is -0.468. The Morgan fingerprint density at radius 3 is 2.18 bits per heavy atom. The highest BCUT2D eigenvalue weighted by Crippen LogP contribution is 1.87. The van der Waals surface area contributed by atoms with E-state index >= 15 is 0 Å². The molecule has 0 aromatic rings. The average Bonchev–Trinajstić information content (AvgIpc) is 1.88. The van der Waals surface area contributed by atoms with E-state index in [1.807, 2.05) is 19.2 Å². The Balaban J connectivity index is 3.79. The lowest BCUT2D eigenvalue weighted by Gasteiger charge is -2.19. The quantitative estimate of drug-likeness (QED) is 0.481. The second kappa shape index (κ2) is 4.92. The van der Waals surface area contributed by atoms with E-state index in [1.165, 1.54) is 4.90 Å². The normalized spacial score (nSPS) is 9.91. The molecule has 0 saturated heterocycles. The maximum absolute atomic E-state index is 10.9. The minimum absolute atomic E-state index is 0.468. The predicted molar refractivity (Wildman–Crippen MR) is 39.7 cm³/mol. The lowest BCUT2D eigenvalue weighted by molar-refractivity contribution is -0.0580. The van der Waals surface area contributed by atoms with Crippen LogP contribution in [0.15, 0.2) is 0 Å². The van der Waals surface area contributed by atoms with Crippen LogP contribution in [0, 0.1) is 0 Å². The molecule has 0 aliphatic carbocycles. The van der Waals surface area contributed by atoms with Crippen LogP contribution < -0.4 is 5.32 Å². The van der Waals surface area contributed by atoms with E-state index in [4.69, 9.17) is 10.2 Å². The van der Waals surface area contributed by atoms with Gasteiger partial charge in [-0.15, -0.1) is 0 Å². The maximum atomic E-state index is 10.9.